The second-order valence-electron chi connectivity index (χ2n) is 2.25. The maximum absolute atomic E-state index is 10.9. The zero-order chi connectivity index (χ0) is 8.31. The van der Waals surface area contributed by atoms with Crippen LogP contribution >= 0.6 is 0 Å². The molecular formula is C5H12N4O. The van der Waals surface area contributed by atoms with Crippen LogP contribution in [0.25, 0.3) is 0 Å². The van der Waals surface area contributed by atoms with Crippen molar-refractivity contribution in [1.29, 1.82) is 5.41 Å². The summed E-state index contributed by atoms with van der Waals surface area (Å²) < 4.78 is 0. The molecule has 0 saturated carbocycles. The van der Waals surface area contributed by atoms with E-state index in [1.54, 1.807) is 13.8 Å². The number of hydrogen-bond acceptors (Lipinski definition) is 3. The lowest BCUT2D eigenvalue weighted by atomic mass is 10.2. The number of hydrogen-bond donors (Lipinski definition) is 3. The molecule has 5 N–H and O–H groups in total. The first-order chi connectivity index (χ1) is 4.46. The fraction of sp³-hybridized carbons (Fsp3) is 0.600. The lowest BCUT2D eigenvalue weighted by Crippen LogP contribution is -2.48. The van der Waals surface area contributed by atoms with E-state index in [9.17, 15) is 4.79 Å². The third kappa shape index (κ3) is 2.02. The molecular weight excluding hydrogens is 132 g/mol. The molecule has 0 spiro atoms. The zero-order valence-electron chi connectivity index (χ0n) is 6.09. The Morgan fingerprint density at radius 2 is 2.00 bits per heavy atom. The molecule has 5 heteroatoms. The van der Waals surface area contributed by atoms with Gasteiger partial charge in [0.05, 0.1) is 0 Å². The Bertz CT molecular complexity index is 154. The van der Waals surface area contributed by atoms with Gasteiger partial charge in [-0.15, -0.1) is 0 Å². The van der Waals surface area contributed by atoms with Crippen LogP contribution in [0.2, 0.25) is 0 Å². The Balaban J connectivity index is 4.08. The van der Waals surface area contributed by atoms with Gasteiger partial charge in [0, 0.05) is 5.92 Å². The van der Waals surface area contributed by atoms with Crippen molar-refractivity contribution < 1.29 is 4.79 Å². The molecule has 0 aliphatic heterocycles. The van der Waals surface area contributed by atoms with Gasteiger partial charge in [0.2, 0.25) is 11.9 Å². The Hall–Kier alpha value is -1.10. The van der Waals surface area contributed by atoms with Crippen molar-refractivity contribution in [2.24, 2.45) is 17.5 Å². The second kappa shape index (κ2) is 3.17. The predicted octanol–water partition coefficient (Wildman–Crippen LogP) is -0.762. The van der Waals surface area contributed by atoms with Gasteiger partial charge in [-0.1, -0.05) is 13.8 Å². The third-order valence-corrected chi connectivity index (χ3v) is 0.991. The summed E-state index contributed by atoms with van der Waals surface area (Å²) in [4.78, 5) is 10.9. The zero-order valence-corrected chi connectivity index (χ0v) is 6.09. The van der Waals surface area contributed by atoms with Gasteiger partial charge in [-0.2, -0.15) is 0 Å². The molecule has 0 unspecified atom stereocenters. The normalized spacial score (nSPS) is 9.60. The summed E-state index contributed by atoms with van der Waals surface area (Å²) >= 11 is 0. The van der Waals surface area contributed by atoms with Gasteiger partial charge in [0.25, 0.3) is 0 Å². The first-order valence-corrected chi connectivity index (χ1v) is 2.89. The van der Waals surface area contributed by atoms with Crippen molar-refractivity contribution in [3.05, 3.63) is 0 Å². The number of nitrogens with one attached hydrogen (secondary N) is 1. The number of carbonyl (C=O) groups excluding carboxylic acids is 1. The van der Waals surface area contributed by atoms with Gasteiger partial charge >= 0.3 is 0 Å². The van der Waals surface area contributed by atoms with Crippen LogP contribution in [0.4, 0.5) is 0 Å². The highest BCUT2D eigenvalue weighted by Gasteiger charge is 2.14. The number of nitrogens with two attached hydrogens (primary N) is 2. The van der Waals surface area contributed by atoms with Crippen LogP contribution in [0.15, 0.2) is 0 Å². The molecule has 0 saturated heterocycles. The van der Waals surface area contributed by atoms with Crippen molar-refractivity contribution in [3.63, 3.8) is 0 Å². The standard InChI is InChI=1S/C5H12N4O/c1-3(2)4(10)9(8)5(6)7/h3H,8H2,1-2H3,(H3,6,7). The molecule has 5 nitrogen and oxygen atoms in total. The van der Waals surface area contributed by atoms with E-state index >= 15 is 0 Å². The minimum absolute atomic E-state index is 0.228. The van der Waals surface area contributed by atoms with Gasteiger partial charge in [-0.3, -0.25) is 10.2 Å². The van der Waals surface area contributed by atoms with Crippen LogP contribution < -0.4 is 11.6 Å². The predicted molar refractivity (Wildman–Crippen MR) is 37.8 cm³/mol. The summed E-state index contributed by atoms with van der Waals surface area (Å²) in [6.45, 7) is 3.37. The molecule has 0 aromatic rings. The van der Waals surface area contributed by atoms with Crippen LogP contribution in [0.5, 0.6) is 0 Å². The van der Waals surface area contributed by atoms with E-state index < -0.39 is 5.96 Å². The van der Waals surface area contributed by atoms with Crippen LogP contribution in [0.1, 0.15) is 13.8 Å². The van der Waals surface area contributed by atoms with Crippen LogP contribution in [-0.2, 0) is 4.79 Å². The second-order valence-corrected chi connectivity index (χ2v) is 2.25. The lowest BCUT2D eigenvalue weighted by molar-refractivity contribution is -0.130. The number of carbonyl (C=O) groups is 1. The van der Waals surface area contributed by atoms with Gasteiger partial charge < -0.3 is 5.73 Å². The Morgan fingerprint density at radius 1 is 1.60 bits per heavy atom. The lowest BCUT2D eigenvalue weighted by Gasteiger charge is -2.15. The average molecular weight is 144 g/mol. The maximum atomic E-state index is 10.9. The number of guanidine groups is 1. The van der Waals surface area contributed by atoms with Gasteiger partial charge in [0.15, 0.2) is 0 Å². The summed E-state index contributed by atoms with van der Waals surface area (Å²) in [6.07, 6.45) is 0. The van der Waals surface area contributed by atoms with Crippen molar-refractivity contribution in [2.75, 3.05) is 0 Å². The van der Waals surface area contributed by atoms with Crippen LogP contribution in [0.3, 0.4) is 0 Å². The van der Waals surface area contributed by atoms with Gasteiger partial charge in [-0.25, -0.2) is 10.9 Å². The quantitative estimate of drug-likeness (QED) is 0.148. The van der Waals surface area contributed by atoms with Crippen molar-refractivity contribution >= 4 is 11.9 Å². The first kappa shape index (κ1) is 8.90. The highest BCUT2D eigenvalue weighted by atomic mass is 16.2. The number of nitrogens with zero attached hydrogens (tertiary/aromatic N) is 1. The molecule has 0 aliphatic rings. The number of hydrazine groups is 1. The molecule has 58 valence electrons. The number of rotatable bonds is 1. The number of amides is 1. The molecule has 0 atom stereocenters. The molecule has 0 aromatic heterocycles. The fourth-order valence-electron chi connectivity index (χ4n) is 0.397. The van der Waals surface area contributed by atoms with Crippen LogP contribution in [0, 0.1) is 11.3 Å². The smallest absolute Gasteiger partial charge is 0.246 e. The molecule has 0 heterocycles. The Labute approximate surface area is 59.5 Å². The molecule has 0 aliphatic carbocycles. The van der Waals surface area contributed by atoms with Crippen molar-refractivity contribution in [1.82, 2.24) is 5.01 Å². The molecule has 10 heavy (non-hydrogen) atoms. The summed E-state index contributed by atoms with van der Waals surface area (Å²) in [5.41, 5.74) is 4.94. The van der Waals surface area contributed by atoms with Crippen molar-refractivity contribution in [2.45, 2.75) is 13.8 Å². The van der Waals surface area contributed by atoms with E-state index in [4.69, 9.17) is 17.0 Å². The van der Waals surface area contributed by atoms with E-state index in [1.165, 1.54) is 0 Å². The largest absolute Gasteiger partial charge is 0.369 e. The van der Waals surface area contributed by atoms with Crippen LogP contribution in [-0.4, -0.2) is 16.9 Å². The van der Waals surface area contributed by atoms with E-state index in [1.807, 2.05) is 0 Å². The molecule has 1 amide bonds. The Morgan fingerprint density at radius 3 is 2.10 bits per heavy atom. The van der Waals surface area contributed by atoms with Gasteiger partial charge in [-0.05, 0) is 0 Å². The highest BCUT2D eigenvalue weighted by molar-refractivity contribution is 5.94. The minimum atomic E-state index is -0.432. The molecule has 0 radical (unpaired) electrons. The third-order valence-electron chi connectivity index (χ3n) is 0.991. The van der Waals surface area contributed by atoms with Gasteiger partial charge in [0.1, 0.15) is 0 Å². The fourth-order valence-corrected chi connectivity index (χ4v) is 0.397. The maximum Gasteiger partial charge on any atom is 0.246 e. The van der Waals surface area contributed by atoms with E-state index in [-0.39, 0.29) is 11.8 Å². The monoisotopic (exact) mass is 144 g/mol. The summed E-state index contributed by atoms with van der Waals surface area (Å²) in [7, 11) is 0. The minimum Gasteiger partial charge on any atom is -0.369 e. The summed E-state index contributed by atoms with van der Waals surface area (Å²) in [5, 5.41) is 7.41. The SMILES string of the molecule is CC(C)C(=O)N(N)C(=N)N. The van der Waals surface area contributed by atoms with E-state index in [2.05, 4.69) is 0 Å². The topological polar surface area (TPSA) is 96.2 Å². The molecule has 0 fully saturated rings. The average Bonchev–Trinajstić information content (AvgIpc) is 1.84. The highest BCUT2D eigenvalue weighted by Crippen LogP contribution is 1.94. The molecule has 0 bridgehead atoms. The first-order valence-electron chi connectivity index (χ1n) is 2.89. The summed E-state index contributed by atoms with van der Waals surface area (Å²) in [5.74, 6) is 4.08. The summed E-state index contributed by atoms with van der Waals surface area (Å²) in [6, 6.07) is 0. The van der Waals surface area contributed by atoms with E-state index in [0.717, 1.165) is 0 Å². The van der Waals surface area contributed by atoms with E-state index in [0.29, 0.717) is 5.01 Å². The molecule has 0 aromatic carbocycles. The van der Waals surface area contributed by atoms with Crippen molar-refractivity contribution in [3.8, 4) is 0 Å². The Kier molecular flexibility index (Phi) is 2.82. The molecule has 0 rings (SSSR count).